The van der Waals surface area contributed by atoms with Gasteiger partial charge in [-0.1, -0.05) is 0 Å². The van der Waals surface area contributed by atoms with Gasteiger partial charge in [0.05, 0.1) is 11.2 Å². The number of benzene rings is 2. The molecule has 0 spiro atoms. The number of aryl methyl sites for hydroxylation is 1. The van der Waals surface area contributed by atoms with Crippen molar-refractivity contribution in [3.63, 3.8) is 0 Å². The number of hydrogen-bond donors (Lipinski definition) is 3. The molecule has 7 heteroatoms. The zero-order chi connectivity index (χ0) is 18.5. The molecule has 0 atom stereocenters. The Morgan fingerprint density at radius 2 is 1.92 bits per heavy atom. The van der Waals surface area contributed by atoms with Gasteiger partial charge >= 0.3 is 0 Å². The minimum atomic E-state index is -0.505. The maximum Gasteiger partial charge on any atom is 0.142 e. The zero-order valence-electron chi connectivity index (χ0n) is 14.5. The van der Waals surface area contributed by atoms with Crippen LogP contribution in [0, 0.1) is 12.7 Å². The van der Waals surface area contributed by atoms with Crippen LogP contribution in [-0.2, 0) is 0 Å². The lowest BCUT2D eigenvalue weighted by Crippen LogP contribution is -1.99. The largest absolute Gasteiger partial charge is 0.506 e. The van der Waals surface area contributed by atoms with Gasteiger partial charge in [0.1, 0.15) is 23.7 Å². The Balaban J connectivity index is 0.000000339. The van der Waals surface area contributed by atoms with E-state index in [4.69, 9.17) is 5.73 Å². The number of anilines is 3. The Labute approximate surface area is 155 Å². The topological polar surface area (TPSA) is 84.1 Å². The van der Waals surface area contributed by atoms with Gasteiger partial charge in [-0.25, -0.2) is 14.4 Å². The molecule has 0 unspecified atom stereocenters. The number of halogens is 1. The number of nitrogens with zero attached hydrogens (tertiary/aromatic N) is 2. The second kappa shape index (κ2) is 8.23. The van der Waals surface area contributed by atoms with Crippen LogP contribution in [0.4, 0.5) is 21.6 Å². The number of nitrogens with one attached hydrogen (secondary N) is 1. The molecule has 1 aromatic heterocycles. The van der Waals surface area contributed by atoms with Gasteiger partial charge in [-0.05, 0) is 61.1 Å². The van der Waals surface area contributed by atoms with Gasteiger partial charge in [0.15, 0.2) is 0 Å². The van der Waals surface area contributed by atoms with Gasteiger partial charge in [-0.3, -0.25) is 0 Å². The van der Waals surface area contributed by atoms with Gasteiger partial charge in [0.25, 0.3) is 0 Å². The van der Waals surface area contributed by atoms with Crippen LogP contribution in [0.25, 0.3) is 10.9 Å². The van der Waals surface area contributed by atoms with Gasteiger partial charge in [-0.15, -0.1) is 0 Å². The van der Waals surface area contributed by atoms with E-state index < -0.39 is 5.82 Å². The van der Waals surface area contributed by atoms with E-state index in [9.17, 15) is 9.50 Å². The number of nitrogens with two attached hydrogens (primary N) is 1. The van der Waals surface area contributed by atoms with E-state index in [1.54, 1.807) is 6.07 Å². The number of phenols is 1. The first kappa shape index (κ1) is 18.3. The Morgan fingerprint density at radius 1 is 1.15 bits per heavy atom. The molecule has 4 rings (SSSR count). The van der Waals surface area contributed by atoms with E-state index in [2.05, 4.69) is 27.0 Å². The van der Waals surface area contributed by atoms with Crippen molar-refractivity contribution in [3.8, 4) is 5.75 Å². The van der Waals surface area contributed by atoms with E-state index in [1.807, 2.05) is 13.0 Å². The first-order chi connectivity index (χ1) is 12.5. The number of phenolic OH excluding ortho intramolecular Hbond substituents is 1. The van der Waals surface area contributed by atoms with Crippen LogP contribution in [0.3, 0.4) is 0 Å². The van der Waals surface area contributed by atoms with Gasteiger partial charge < -0.3 is 16.2 Å². The van der Waals surface area contributed by atoms with Crippen molar-refractivity contribution in [1.29, 1.82) is 0 Å². The Morgan fingerprint density at radius 3 is 2.58 bits per heavy atom. The summed E-state index contributed by atoms with van der Waals surface area (Å²) in [6.45, 7) is 1.90. The fourth-order valence-corrected chi connectivity index (χ4v) is 3.78. The normalized spacial score (nSPS) is 13.3. The summed E-state index contributed by atoms with van der Waals surface area (Å²) in [7, 11) is 0. The number of aromatic nitrogens is 2. The Kier molecular flexibility index (Phi) is 5.78. The molecular formula is C19H21FN4OS. The van der Waals surface area contributed by atoms with Crippen LogP contribution in [0.5, 0.6) is 5.75 Å². The molecule has 4 N–H and O–H groups in total. The molecule has 2 aromatic carbocycles. The quantitative estimate of drug-likeness (QED) is 0.450. The van der Waals surface area contributed by atoms with Crippen molar-refractivity contribution < 1.29 is 9.50 Å². The molecule has 1 aliphatic heterocycles. The number of aromatic hydroxyl groups is 1. The third-order valence-electron chi connectivity index (χ3n) is 4.00. The fourth-order valence-electron chi connectivity index (χ4n) is 2.76. The molecule has 2 heterocycles. The average molecular weight is 372 g/mol. The maximum absolute atomic E-state index is 13.0. The summed E-state index contributed by atoms with van der Waals surface area (Å²) >= 11 is 2.07. The van der Waals surface area contributed by atoms with E-state index >= 15 is 0 Å². The highest BCUT2D eigenvalue weighted by atomic mass is 32.2. The van der Waals surface area contributed by atoms with Crippen molar-refractivity contribution in [2.45, 2.75) is 19.8 Å². The van der Waals surface area contributed by atoms with E-state index in [0.717, 1.165) is 17.0 Å². The molecule has 0 bridgehead atoms. The molecule has 1 aliphatic rings. The monoisotopic (exact) mass is 372 g/mol. The predicted octanol–water partition coefficient (Wildman–Crippen LogP) is 4.62. The molecule has 3 aromatic rings. The summed E-state index contributed by atoms with van der Waals surface area (Å²) in [6.07, 6.45) is 4.33. The van der Waals surface area contributed by atoms with Crippen LogP contribution in [-0.4, -0.2) is 26.6 Å². The van der Waals surface area contributed by atoms with Crippen molar-refractivity contribution in [1.82, 2.24) is 9.97 Å². The second-order valence-corrected chi connectivity index (χ2v) is 7.28. The Bertz CT molecular complexity index is 908. The van der Waals surface area contributed by atoms with Crippen molar-refractivity contribution >= 4 is 39.9 Å². The third kappa shape index (κ3) is 4.35. The fraction of sp³-hybridized carbons (Fsp3) is 0.263. The van der Waals surface area contributed by atoms with Crippen LogP contribution in [0.1, 0.15) is 18.4 Å². The molecule has 1 saturated heterocycles. The van der Waals surface area contributed by atoms with E-state index in [-0.39, 0.29) is 5.75 Å². The molecule has 5 nitrogen and oxygen atoms in total. The lowest BCUT2D eigenvalue weighted by molar-refractivity contribution is 0.471. The van der Waals surface area contributed by atoms with Crippen molar-refractivity contribution in [3.05, 3.63) is 48.0 Å². The van der Waals surface area contributed by atoms with Gasteiger partial charge in [-0.2, -0.15) is 11.8 Å². The highest BCUT2D eigenvalue weighted by molar-refractivity contribution is 7.99. The lowest BCUT2D eigenvalue weighted by atomic mass is 10.1. The Hall–Kier alpha value is -2.54. The van der Waals surface area contributed by atoms with Crippen LogP contribution >= 0.6 is 11.8 Å². The van der Waals surface area contributed by atoms with Crippen LogP contribution in [0.2, 0.25) is 0 Å². The minimum Gasteiger partial charge on any atom is -0.506 e. The number of nitrogen functional groups attached to an aromatic ring is 1. The maximum atomic E-state index is 13.0. The number of thioether (sulfide) groups is 1. The molecule has 0 saturated carbocycles. The SMILES string of the molecule is C1CCSC1.Cc1cc(N)cc2ncnc(Nc3ccc(F)cc3O)c12. The lowest BCUT2D eigenvalue weighted by Gasteiger charge is -2.12. The summed E-state index contributed by atoms with van der Waals surface area (Å²) in [4.78, 5) is 8.38. The minimum absolute atomic E-state index is 0.185. The zero-order valence-corrected chi connectivity index (χ0v) is 15.3. The van der Waals surface area contributed by atoms with Crippen LogP contribution < -0.4 is 11.1 Å². The molecule has 136 valence electrons. The summed E-state index contributed by atoms with van der Waals surface area (Å²) in [5, 5.41) is 13.6. The van der Waals surface area contributed by atoms with Gasteiger partial charge in [0, 0.05) is 17.1 Å². The standard InChI is InChI=1S/C15H13FN4O.C4H8S/c1-8-4-10(17)6-12-14(8)15(19-7-18-12)20-11-3-2-9(16)5-13(11)21;1-2-4-5-3-1/h2-7,21H,17H2,1H3,(H,18,19,20);1-4H2. The number of hydrogen-bond acceptors (Lipinski definition) is 6. The average Bonchev–Trinajstić information content (AvgIpc) is 3.17. The highest BCUT2D eigenvalue weighted by Gasteiger charge is 2.10. The number of fused-ring (bicyclic) bond motifs is 1. The summed E-state index contributed by atoms with van der Waals surface area (Å²) in [5.41, 5.74) is 8.41. The van der Waals surface area contributed by atoms with Crippen molar-refractivity contribution in [2.75, 3.05) is 22.6 Å². The van der Waals surface area contributed by atoms with Crippen molar-refractivity contribution in [2.24, 2.45) is 0 Å². The van der Waals surface area contributed by atoms with E-state index in [1.165, 1.54) is 42.8 Å². The summed E-state index contributed by atoms with van der Waals surface area (Å²) in [6, 6.07) is 7.32. The molecule has 26 heavy (non-hydrogen) atoms. The molecule has 1 fully saturated rings. The predicted molar refractivity (Wildman–Crippen MR) is 107 cm³/mol. The third-order valence-corrected chi connectivity index (χ3v) is 5.15. The first-order valence-corrected chi connectivity index (χ1v) is 9.54. The number of rotatable bonds is 2. The molecule has 0 amide bonds. The smallest absolute Gasteiger partial charge is 0.142 e. The summed E-state index contributed by atoms with van der Waals surface area (Å²) < 4.78 is 13.0. The summed E-state index contributed by atoms with van der Waals surface area (Å²) in [5.74, 6) is 2.67. The molecular weight excluding hydrogens is 351 g/mol. The van der Waals surface area contributed by atoms with E-state index in [0.29, 0.717) is 22.7 Å². The first-order valence-electron chi connectivity index (χ1n) is 8.38. The molecule has 0 aliphatic carbocycles. The molecule has 0 radical (unpaired) electrons. The second-order valence-electron chi connectivity index (χ2n) is 6.06. The van der Waals surface area contributed by atoms with Crippen LogP contribution in [0.15, 0.2) is 36.7 Å². The van der Waals surface area contributed by atoms with Gasteiger partial charge in [0.2, 0.25) is 0 Å². The highest BCUT2D eigenvalue weighted by Crippen LogP contribution is 2.31.